The highest BCUT2D eigenvalue weighted by molar-refractivity contribution is 5.53. The maximum Gasteiger partial charge on any atom is 0.203 e. The van der Waals surface area contributed by atoms with E-state index in [0.29, 0.717) is 23.3 Å². The lowest BCUT2D eigenvalue weighted by Gasteiger charge is -2.27. The zero-order valence-corrected chi connectivity index (χ0v) is 11.0. The van der Waals surface area contributed by atoms with Crippen molar-refractivity contribution in [3.63, 3.8) is 0 Å². The van der Waals surface area contributed by atoms with E-state index in [1.807, 2.05) is 12.1 Å². The van der Waals surface area contributed by atoms with Crippen LogP contribution in [0.5, 0.6) is 17.2 Å². The molecule has 0 amide bonds. The summed E-state index contributed by atoms with van der Waals surface area (Å²) in [6.45, 7) is 2.32. The van der Waals surface area contributed by atoms with Crippen molar-refractivity contribution in [1.29, 1.82) is 0 Å². The van der Waals surface area contributed by atoms with Gasteiger partial charge in [0, 0.05) is 6.54 Å². The normalized spacial score (nSPS) is 15.1. The van der Waals surface area contributed by atoms with Crippen LogP contribution in [0.4, 0.5) is 0 Å². The van der Waals surface area contributed by atoms with Crippen molar-refractivity contribution in [3.05, 3.63) is 17.7 Å². The van der Waals surface area contributed by atoms with Crippen molar-refractivity contribution >= 4 is 0 Å². The van der Waals surface area contributed by atoms with E-state index in [1.54, 1.807) is 21.3 Å². The molecule has 0 radical (unpaired) electrons. The molecule has 1 aromatic rings. The van der Waals surface area contributed by atoms with Crippen LogP contribution in [0, 0.1) is 0 Å². The first-order valence-corrected chi connectivity index (χ1v) is 5.88. The van der Waals surface area contributed by atoms with Crippen LogP contribution in [0.25, 0.3) is 0 Å². The molecule has 0 aromatic heterocycles. The van der Waals surface area contributed by atoms with E-state index in [0.717, 1.165) is 25.3 Å². The smallest absolute Gasteiger partial charge is 0.203 e. The lowest BCUT2D eigenvalue weighted by molar-refractivity contribution is -0.00579. The van der Waals surface area contributed by atoms with Gasteiger partial charge in [0.25, 0.3) is 0 Å². The molecule has 1 aliphatic rings. The molecule has 5 nitrogen and oxygen atoms in total. The van der Waals surface area contributed by atoms with Crippen LogP contribution in [0.3, 0.4) is 0 Å². The second kappa shape index (κ2) is 5.93. The third-order valence-electron chi connectivity index (χ3n) is 2.96. The number of benzene rings is 1. The molecule has 0 spiro atoms. The van der Waals surface area contributed by atoms with Crippen LogP contribution < -0.4 is 19.5 Å². The molecule has 100 valence electrons. The van der Waals surface area contributed by atoms with E-state index >= 15 is 0 Å². The summed E-state index contributed by atoms with van der Waals surface area (Å²) in [7, 11) is 4.84. The molecule has 0 atom stereocenters. The zero-order valence-electron chi connectivity index (χ0n) is 11.0. The first-order valence-electron chi connectivity index (χ1n) is 5.88. The highest BCUT2D eigenvalue weighted by atomic mass is 16.5. The van der Waals surface area contributed by atoms with Gasteiger partial charge in [0.05, 0.1) is 40.6 Å². The Kier molecular flexibility index (Phi) is 4.28. The predicted molar refractivity (Wildman–Crippen MR) is 67.5 cm³/mol. The van der Waals surface area contributed by atoms with E-state index in [4.69, 9.17) is 18.9 Å². The van der Waals surface area contributed by atoms with Crippen molar-refractivity contribution < 1.29 is 18.9 Å². The number of hydrogen-bond acceptors (Lipinski definition) is 5. The molecule has 5 heteroatoms. The van der Waals surface area contributed by atoms with Crippen LogP contribution in [0.1, 0.15) is 5.56 Å². The minimum Gasteiger partial charge on any atom is -0.493 e. The number of hydrogen-bond donors (Lipinski definition) is 1. The number of ether oxygens (including phenoxy) is 4. The number of methoxy groups -OCH3 is 3. The second-order valence-corrected chi connectivity index (χ2v) is 4.15. The zero-order chi connectivity index (χ0) is 13.0. The van der Waals surface area contributed by atoms with E-state index in [9.17, 15) is 0 Å². The number of rotatable bonds is 6. The predicted octanol–water partition coefficient (Wildman–Crippen LogP) is 1.20. The van der Waals surface area contributed by atoms with Crippen molar-refractivity contribution in [1.82, 2.24) is 5.32 Å². The fourth-order valence-electron chi connectivity index (χ4n) is 1.85. The molecule has 1 aliphatic heterocycles. The summed E-state index contributed by atoms with van der Waals surface area (Å²) in [6.07, 6.45) is 0. The molecule has 18 heavy (non-hydrogen) atoms. The Hall–Kier alpha value is -1.46. The lowest BCUT2D eigenvalue weighted by atomic mass is 10.1. The molecule has 1 fully saturated rings. The molecule has 2 rings (SSSR count). The summed E-state index contributed by atoms with van der Waals surface area (Å²) in [4.78, 5) is 0. The minimum atomic E-state index is 0.448. The first kappa shape index (κ1) is 13.0. The van der Waals surface area contributed by atoms with Crippen LogP contribution >= 0.6 is 0 Å². The molecule has 1 saturated heterocycles. The van der Waals surface area contributed by atoms with Gasteiger partial charge in [-0.3, -0.25) is 0 Å². The Morgan fingerprint density at radius 1 is 1.11 bits per heavy atom. The van der Waals surface area contributed by atoms with Gasteiger partial charge in [-0.2, -0.15) is 0 Å². The van der Waals surface area contributed by atoms with E-state index in [2.05, 4.69) is 5.32 Å². The summed E-state index contributed by atoms with van der Waals surface area (Å²) in [5, 5.41) is 3.40. The molecule has 1 heterocycles. The van der Waals surface area contributed by atoms with E-state index in [1.165, 1.54) is 0 Å². The summed E-state index contributed by atoms with van der Waals surface area (Å²) < 4.78 is 21.0. The molecular weight excluding hydrogens is 234 g/mol. The Morgan fingerprint density at radius 2 is 1.72 bits per heavy atom. The van der Waals surface area contributed by atoms with Crippen LogP contribution in [0.2, 0.25) is 0 Å². The molecule has 0 unspecified atom stereocenters. The molecule has 1 aromatic carbocycles. The van der Waals surface area contributed by atoms with Crippen LogP contribution in [0.15, 0.2) is 12.1 Å². The lowest BCUT2D eigenvalue weighted by Crippen LogP contribution is -2.45. The van der Waals surface area contributed by atoms with E-state index < -0.39 is 0 Å². The Morgan fingerprint density at radius 3 is 2.11 bits per heavy atom. The van der Waals surface area contributed by atoms with Gasteiger partial charge in [0.1, 0.15) is 0 Å². The van der Waals surface area contributed by atoms with Gasteiger partial charge in [0.15, 0.2) is 11.5 Å². The third-order valence-corrected chi connectivity index (χ3v) is 2.96. The molecule has 0 saturated carbocycles. The molecule has 0 aliphatic carbocycles. The summed E-state index contributed by atoms with van der Waals surface area (Å²) in [5.41, 5.74) is 1.09. The fourth-order valence-corrected chi connectivity index (χ4v) is 1.85. The summed E-state index contributed by atoms with van der Waals surface area (Å²) >= 11 is 0. The highest BCUT2D eigenvalue weighted by Gasteiger charge is 2.18. The Bertz CT molecular complexity index is 379. The monoisotopic (exact) mass is 253 g/mol. The van der Waals surface area contributed by atoms with Gasteiger partial charge < -0.3 is 24.3 Å². The van der Waals surface area contributed by atoms with Gasteiger partial charge in [-0.1, -0.05) is 0 Å². The SMILES string of the molecule is COc1cc(CNC2COC2)cc(OC)c1OC. The first-order chi connectivity index (χ1) is 8.78. The molecule has 1 N–H and O–H groups in total. The molecular formula is C13H19NO4. The third kappa shape index (κ3) is 2.68. The maximum atomic E-state index is 5.31. The van der Waals surface area contributed by atoms with Gasteiger partial charge in [-0.25, -0.2) is 0 Å². The standard InChI is InChI=1S/C13H19NO4/c1-15-11-4-9(6-14-10-7-18-8-10)5-12(16-2)13(11)17-3/h4-5,10,14H,6-8H2,1-3H3. The minimum absolute atomic E-state index is 0.448. The van der Waals surface area contributed by atoms with Crippen molar-refractivity contribution in [2.75, 3.05) is 34.5 Å². The van der Waals surface area contributed by atoms with Crippen molar-refractivity contribution in [2.24, 2.45) is 0 Å². The average Bonchev–Trinajstić information content (AvgIpc) is 2.35. The van der Waals surface area contributed by atoms with Gasteiger partial charge >= 0.3 is 0 Å². The van der Waals surface area contributed by atoms with Gasteiger partial charge in [-0.15, -0.1) is 0 Å². The van der Waals surface area contributed by atoms with Crippen molar-refractivity contribution in [3.8, 4) is 17.2 Å². The van der Waals surface area contributed by atoms with E-state index in [-0.39, 0.29) is 0 Å². The highest BCUT2D eigenvalue weighted by Crippen LogP contribution is 2.38. The number of nitrogens with one attached hydrogen (secondary N) is 1. The topological polar surface area (TPSA) is 49.0 Å². The maximum absolute atomic E-state index is 5.31. The second-order valence-electron chi connectivity index (χ2n) is 4.15. The Labute approximate surface area is 107 Å². The van der Waals surface area contributed by atoms with Crippen molar-refractivity contribution in [2.45, 2.75) is 12.6 Å². The van der Waals surface area contributed by atoms with Gasteiger partial charge in [-0.05, 0) is 17.7 Å². The summed E-state index contributed by atoms with van der Waals surface area (Å²) in [5.74, 6) is 1.98. The van der Waals surface area contributed by atoms with Crippen LogP contribution in [-0.4, -0.2) is 40.6 Å². The molecule has 0 bridgehead atoms. The van der Waals surface area contributed by atoms with Gasteiger partial charge in [0.2, 0.25) is 5.75 Å². The summed E-state index contributed by atoms with van der Waals surface area (Å²) in [6, 6.07) is 4.35. The largest absolute Gasteiger partial charge is 0.493 e. The quantitative estimate of drug-likeness (QED) is 0.825. The Balaban J connectivity index is 2.13. The van der Waals surface area contributed by atoms with Crippen LogP contribution in [-0.2, 0) is 11.3 Å². The fraction of sp³-hybridized carbons (Fsp3) is 0.538. The average molecular weight is 253 g/mol.